The number of hydrogen-bond donors (Lipinski definition) is 2. The van der Waals surface area contributed by atoms with E-state index in [1.165, 1.54) is 0 Å². The maximum absolute atomic E-state index is 12.1. The van der Waals surface area contributed by atoms with Crippen molar-refractivity contribution in [2.45, 2.75) is 19.3 Å². The lowest BCUT2D eigenvalue weighted by molar-refractivity contribution is 0.222. The second kappa shape index (κ2) is 7.55. The summed E-state index contributed by atoms with van der Waals surface area (Å²) in [6, 6.07) is 5.29. The van der Waals surface area contributed by atoms with Crippen molar-refractivity contribution >= 4 is 11.7 Å². The third-order valence-corrected chi connectivity index (χ3v) is 3.30. The fraction of sp³-hybridized carbons (Fsp3) is 0.438. The highest BCUT2D eigenvalue weighted by Gasteiger charge is 2.19. The number of aliphatic hydroxyl groups is 1. The Morgan fingerprint density at radius 1 is 1.43 bits per heavy atom. The van der Waals surface area contributed by atoms with Crippen molar-refractivity contribution in [3.8, 4) is 17.6 Å². The summed E-state index contributed by atoms with van der Waals surface area (Å²) < 4.78 is 5.27. The molecule has 2 amide bonds. The van der Waals surface area contributed by atoms with Crippen LogP contribution in [0.5, 0.6) is 5.75 Å². The Morgan fingerprint density at radius 3 is 2.86 bits per heavy atom. The highest BCUT2D eigenvalue weighted by molar-refractivity contribution is 5.91. The molecule has 0 aromatic heterocycles. The molecule has 21 heavy (non-hydrogen) atoms. The van der Waals surface area contributed by atoms with Crippen molar-refractivity contribution < 1.29 is 14.6 Å². The molecule has 1 fully saturated rings. The molecule has 1 aromatic rings. The summed E-state index contributed by atoms with van der Waals surface area (Å²) in [4.78, 5) is 13.9. The fourth-order valence-corrected chi connectivity index (χ4v) is 2.22. The first-order valence-corrected chi connectivity index (χ1v) is 7.08. The standard InChI is InChI=1S/C16H20N2O3/c1-21-15-8-7-13(6-2-5-11-19)12-14(15)17-16(20)18-9-3-4-10-18/h7-8,12,19H,3-5,9-11H2,1H3,(H,17,20). The summed E-state index contributed by atoms with van der Waals surface area (Å²) in [6.07, 6.45) is 2.54. The van der Waals surface area contributed by atoms with Gasteiger partial charge in [-0.05, 0) is 31.0 Å². The van der Waals surface area contributed by atoms with Crippen LogP contribution in [0, 0.1) is 11.8 Å². The van der Waals surface area contributed by atoms with Crippen LogP contribution in [-0.2, 0) is 0 Å². The maximum atomic E-state index is 12.1. The lowest BCUT2D eigenvalue weighted by Gasteiger charge is -2.17. The summed E-state index contributed by atoms with van der Waals surface area (Å²) in [5, 5.41) is 11.6. The van der Waals surface area contributed by atoms with Gasteiger partial charge in [-0.25, -0.2) is 4.79 Å². The zero-order chi connectivity index (χ0) is 15.1. The van der Waals surface area contributed by atoms with Crippen LogP contribution < -0.4 is 10.1 Å². The molecule has 0 bridgehead atoms. The van der Waals surface area contributed by atoms with Gasteiger partial charge in [0.15, 0.2) is 0 Å². The third-order valence-electron chi connectivity index (χ3n) is 3.30. The van der Waals surface area contributed by atoms with Gasteiger partial charge in [0.25, 0.3) is 0 Å². The van der Waals surface area contributed by atoms with Crippen LogP contribution in [0.25, 0.3) is 0 Å². The Bertz CT molecular complexity index is 554. The SMILES string of the molecule is COc1ccc(C#CCCO)cc1NC(=O)N1CCCC1. The molecule has 1 aromatic carbocycles. The predicted molar refractivity (Wildman–Crippen MR) is 81.4 cm³/mol. The molecular weight excluding hydrogens is 268 g/mol. The van der Waals surface area contributed by atoms with E-state index >= 15 is 0 Å². The van der Waals surface area contributed by atoms with E-state index in [-0.39, 0.29) is 12.6 Å². The molecule has 5 nitrogen and oxygen atoms in total. The smallest absolute Gasteiger partial charge is 0.321 e. The average molecular weight is 288 g/mol. The molecule has 1 heterocycles. The average Bonchev–Trinajstić information content (AvgIpc) is 3.02. The first kappa shape index (κ1) is 15.2. The molecule has 1 aliphatic rings. The van der Waals surface area contributed by atoms with Gasteiger partial charge in [-0.2, -0.15) is 0 Å². The van der Waals surface area contributed by atoms with E-state index in [2.05, 4.69) is 17.2 Å². The van der Waals surface area contributed by atoms with Crippen molar-refractivity contribution in [1.82, 2.24) is 4.90 Å². The Kier molecular flexibility index (Phi) is 5.47. The fourth-order valence-electron chi connectivity index (χ4n) is 2.22. The van der Waals surface area contributed by atoms with E-state index < -0.39 is 0 Å². The summed E-state index contributed by atoms with van der Waals surface area (Å²) in [7, 11) is 1.57. The van der Waals surface area contributed by atoms with E-state index in [0.717, 1.165) is 31.5 Å². The van der Waals surface area contributed by atoms with Crippen LogP contribution in [-0.4, -0.2) is 42.8 Å². The number of rotatable bonds is 3. The molecule has 1 saturated heterocycles. The van der Waals surface area contributed by atoms with Crippen LogP contribution >= 0.6 is 0 Å². The maximum Gasteiger partial charge on any atom is 0.321 e. The molecule has 2 N–H and O–H groups in total. The zero-order valence-electron chi connectivity index (χ0n) is 12.2. The second-order valence-corrected chi connectivity index (χ2v) is 4.81. The minimum atomic E-state index is -0.105. The summed E-state index contributed by atoms with van der Waals surface area (Å²) in [6.45, 7) is 1.63. The van der Waals surface area contributed by atoms with Crippen LogP contribution in [0.15, 0.2) is 18.2 Å². The van der Waals surface area contributed by atoms with Gasteiger partial charge in [0.2, 0.25) is 0 Å². The van der Waals surface area contributed by atoms with E-state index in [0.29, 0.717) is 17.9 Å². The predicted octanol–water partition coefficient (Wildman–Crippen LogP) is 2.06. The van der Waals surface area contributed by atoms with Crippen LogP contribution in [0.1, 0.15) is 24.8 Å². The molecule has 0 aliphatic carbocycles. The van der Waals surface area contributed by atoms with Gasteiger partial charge in [-0.1, -0.05) is 11.8 Å². The first-order chi connectivity index (χ1) is 10.2. The highest BCUT2D eigenvalue weighted by Crippen LogP contribution is 2.26. The van der Waals surface area contributed by atoms with Crippen LogP contribution in [0.3, 0.4) is 0 Å². The lowest BCUT2D eigenvalue weighted by atomic mass is 10.2. The molecular formula is C16H20N2O3. The number of amides is 2. The van der Waals surface area contributed by atoms with Crippen molar-refractivity contribution in [3.05, 3.63) is 23.8 Å². The second-order valence-electron chi connectivity index (χ2n) is 4.81. The number of methoxy groups -OCH3 is 1. The zero-order valence-corrected chi connectivity index (χ0v) is 12.2. The number of aliphatic hydroxyl groups excluding tert-OH is 1. The summed E-state index contributed by atoms with van der Waals surface area (Å²) in [5.74, 6) is 6.42. The number of carbonyl (C=O) groups is 1. The molecule has 0 saturated carbocycles. The van der Waals surface area contributed by atoms with E-state index in [1.807, 2.05) is 6.07 Å². The van der Waals surface area contributed by atoms with Gasteiger partial charge in [0.05, 0.1) is 19.4 Å². The third kappa shape index (κ3) is 4.14. The quantitative estimate of drug-likeness (QED) is 0.837. The number of carbonyl (C=O) groups excluding carboxylic acids is 1. The molecule has 0 spiro atoms. The van der Waals surface area contributed by atoms with Crippen molar-refractivity contribution in [2.24, 2.45) is 0 Å². The summed E-state index contributed by atoms with van der Waals surface area (Å²) in [5.41, 5.74) is 1.39. The normalized spacial score (nSPS) is 13.5. The van der Waals surface area contributed by atoms with Gasteiger partial charge in [-0.3, -0.25) is 0 Å². The number of benzene rings is 1. The molecule has 2 rings (SSSR count). The molecule has 0 radical (unpaired) electrons. The number of anilines is 1. The van der Waals surface area contributed by atoms with Gasteiger partial charge in [0, 0.05) is 25.1 Å². The van der Waals surface area contributed by atoms with Gasteiger partial charge < -0.3 is 20.1 Å². The van der Waals surface area contributed by atoms with E-state index in [4.69, 9.17) is 9.84 Å². The highest BCUT2D eigenvalue weighted by atomic mass is 16.5. The van der Waals surface area contributed by atoms with E-state index in [1.54, 1.807) is 24.1 Å². The van der Waals surface area contributed by atoms with Crippen molar-refractivity contribution in [2.75, 3.05) is 32.1 Å². The minimum Gasteiger partial charge on any atom is -0.495 e. The monoisotopic (exact) mass is 288 g/mol. The van der Waals surface area contributed by atoms with Gasteiger partial charge in [0.1, 0.15) is 5.75 Å². The van der Waals surface area contributed by atoms with Crippen LogP contribution in [0.2, 0.25) is 0 Å². The minimum absolute atomic E-state index is 0.0434. The molecule has 1 aliphatic heterocycles. The largest absolute Gasteiger partial charge is 0.495 e. The van der Waals surface area contributed by atoms with Gasteiger partial charge in [-0.15, -0.1) is 0 Å². The summed E-state index contributed by atoms with van der Waals surface area (Å²) >= 11 is 0. The van der Waals surface area contributed by atoms with Crippen molar-refractivity contribution in [1.29, 1.82) is 0 Å². The van der Waals surface area contributed by atoms with Crippen LogP contribution in [0.4, 0.5) is 10.5 Å². The Balaban J connectivity index is 2.13. The van der Waals surface area contributed by atoms with Gasteiger partial charge >= 0.3 is 6.03 Å². The lowest BCUT2D eigenvalue weighted by Crippen LogP contribution is -2.32. The number of ether oxygens (including phenoxy) is 1. The molecule has 0 unspecified atom stereocenters. The number of hydrogen-bond acceptors (Lipinski definition) is 3. The number of nitrogens with zero attached hydrogens (tertiary/aromatic N) is 1. The Labute approximate surface area is 124 Å². The first-order valence-electron chi connectivity index (χ1n) is 7.08. The Morgan fingerprint density at radius 2 is 2.19 bits per heavy atom. The van der Waals surface area contributed by atoms with E-state index in [9.17, 15) is 4.79 Å². The number of urea groups is 1. The number of likely N-dealkylation sites (tertiary alicyclic amines) is 1. The van der Waals surface area contributed by atoms with Crippen molar-refractivity contribution in [3.63, 3.8) is 0 Å². The molecule has 112 valence electrons. The number of nitrogens with one attached hydrogen (secondary N) is 1. The Hall–Kier alpha value is -2.19. The molecule has 0 atom stereocenters. The topological polar surface area (TPSA) is 61.8 Å². The molecule has 5 heteroatoms.